The average Bonchev–Trinajstić information content (AvgIpc) is 3.39. The van der Waals surface area contributed by atoms with Gasteiger partial charge in [-0.25, -0.2) is 0 Å². The summed E-state index contributed by atoms with van der Waals surface area (Å²) in [5, 5.41) is 0. The maximum Gasteiger partial charge on any atom is 0.302 e. The molecule has 3 nitrogen and oxygen atoms in total. The van der Waals surface area contributed by atoms with E-state index in [2.05, 4.69) is 55.4 Å². The first kappa shape index (κ1) is 26.1. The minimum Gasteiger partial charge on any atom is -0.462 e. The van der Waals surface area contributed by atoms with Crippen molar-refractivity contribution >= 4 is 5.97 Å². The van der Waals surface area contributed by atoms with E-state index in [0.29, 0.717) is 11.3 Å². The Balaban J connectivity index is 1.42. The maximum atomic E-state index is 11.9. The van der Waals surface area contributed by atoms with Crippen molar-refractivity contribution in [2.45, 2.75) is 150 Å². The number of rotatable bonds is 6. The number of fused-ring (bicyclic) bond motifs is 2. The van der Waals surface area contributed by atoms with Crippen LogP contribution in [0.15, 0.2) is 0 Å². The predicted octanol–water partition coefficient (Wildman–Crippen LogP) is 8.34. The highest BCUT2D eigenvalue weighted by atomic mass is 16.6. The van der Waals surface area contributed by atoms with Gasteiger partial charge in [0.25, 0.3) is 0 Å². The first-order chi connectivity index (χ1) is 16.2. The molecule has 1 saturated heterocycles. The van der Waals surface area contributed by atoms with E-state index in [-0.39, 0.29) is 39.5 Å². The molecule has 5 aliphatic rings. The van der Waals surface area contributed by atoms with Crippen LogP contribution in [0, 0.1) is 45.3 Å². The van der Waals surface area contributed by atoms with Crippen LogP contribution < -0.4 is 0 Å². The molecule has 0 bridgehead atoms. The molecule has 0 radical (unpaired) electrons. The van der Waals surface area contributed by atoms with E-state index in [1.807, 2.05) is 0 Å². The Morgan fingerprint density at radius 3 is 2.23 bits per heavy atom. The summed E-state index contributed by atoms with van der Waals surface area (Å²) in [7, 11) is 0. The molecule has 9 atom stereocenters. The predicted molar refractivity (Wildman–Crippen MR) is 142 cm³/mol. The van der Waals surface area contributed by atoms with Gasteiger partial charge in [0.05, 0.1) is 0 Å². The van der Waals surface area contributed by atoms with Crippen molar-refractivity contribution in [3.8, 4) is 0 Å². The molecule has 0 amide bonds. The molecule has 1 heterocycles. The number of ether oxygens (including phenoxy) is 2. The Hall–Kier alpha value is -0.570. The molecule has 0 aromatic rings. The average molecular weight is 487 g/mol. The van der Waals surface area contributed by atoms with Crippen LogP contribution in [0.1, 0.15) is 133 Å². The van der Waals surface area contributed by atoms with E-state index in [9.17, 15) is 4.79 Å². The van der Waals surface area contributed by atoms with Crippen LogP contribution in [-0.4, -0.2) is 23.3 Å². The molecule has 0 spiro atoms. The van der Waals surface area contributed by atoms with E-state index >= 15 is 0 Å². The van der Waals surface area contributed by atoms with Crippen molar-refractivity contribution in [2.75, 3.05) is 0 Å². The Morgan fingerprint density at radius 2 is 1.57 bits per heavy atom. The van der Waals surface area contributed by atoms with Crippen molar-refractivity contribution in [3.63, 3.8) is 0 Å². The molecule has 200 valence electrons. The lowest BCUT2D eigenvalue weighted by Gasteiger charge is -2.64. The summed E-state index contributed by atoms with van der Waals surface area (Å²) in [6.45, 7) is 21.5. The summed E-state index contributed by atoms with van der Waals surface area (Å²) < 4.78 is 13.2. The van der Waals surface area contributed by atoms with Gasteiger partial charge in [0.1, 0.15) is 17.3 Å². The highest BCUT2D eigenvalue weighted by molar-refractivity contribution is 5.66. The van der Waals surface area contributed by atoms with E-state index in [1.165, 1.54) is 57.8 Å². The van der Waals surface area contributed by atoms with E-state index in [4.69, 9.17) is 9.47 Å². The Morgan fingerprint density at radius 1 is 0.857 bits per heavy atom. The van der Waals surface area contributed by atoms with Crippen molar-refractivity contribution in [1.82, 2.24) is 0 Å². The fraction of sp³-hybridized carbons (Fsp3) is 0.969. The zero-order valence-corrected chi connectivity index (χ0v) is 24.4. The summed E-state index contributed by atoms with van der Waals surface area (Å²) in [6.07, 6.45) is 14.0. The number of carbonyl (C=O) groups excluding carboxylic acids is 1. The molecule has 5 rings (SSSR count). The van der Waals surface area contributed by atoms with Crippen LogP contribution in [0.2, 0.25) is 0 Å². The molecule has 5 fully saturated rings. The number of epoxide rings is 1. The largest absolute Gasteiger partial charge is 0.462 e. The second kappa shape index (κ2) is 7.97. The molecule has 0 unspecified atom stereocenters. The van der Waals surface area contributed by atoms with Gasteiger partial charge in [-0.15, -0.1) is 0 Å². The minimum atomic E-state index is -0.127. The normalized spacial score (nSPS) is 50.5. The summed E-state index contributed by atoms with van der Waals surface area (Å²) in [5.41, 5.74) is 0.936. The van der Waals surface area contributed by atoms with Gasteiger partial charge in [-0.1, -0.05) is 74.7 Å². The highest BCUT2D eigenvalue weighted by Gasteiger charge is 2.90. The molecule has 35 heavy (non-hydrogen) atoms. The maximum absolute atomic E-state index is 11.9. The third kappa shape index (κ3) is 3.15. The summed E-state index contributed by atoms with van der Waals surface area (Å²) in [6, 6.07) is 0. The fourth-order valence-electron chi connectivity index (χ4n) is 11.4. The molecular weight excluding hydrogens is 432 g/mol. The van der Waals surface area contributed by atoms with Crippen molar-refractivity contribution in [2.24, 2.45) is 45.3 Å². The first-order valence-corrected chi connectivity index (χ1v) is 15.1. The Bertz CT molecular complexity index is 863. The van der Waals surface area contributed by atoms with E-state index < -0.39 is 0 Å². The smallest absolute Gasteiger partial charge is 0.302 e. The van der Waals surface area contributed by atoms with Crippen LogP contribution in [0.25, 0.3) is 0 Å². The van der Waals surface area contributed by atoms with Crippen LogP contribution in [0.4, 0.5) is 0 Å². The zero-order valence-electron chi connectivity index (χ0n) is 24.4. The standard InChI is InChI=1S/C32H54O3/c1-21(2)11-10-12-22(3)24-13-17-30(9)28(24,7)19-20-31-29(8)16-15-26(34-23(4)33)27(5,6)25(29)14-18-32(30,31)35-31/h21-22,24-26H,10-20H2,1-9H3/t22-,24-,25+,26+,28-,29+,30-,31+,32-/m1/s1. The molecule has 0 aromatic carbocycles. The third-order valence-corrected chi connectivity index (χ3v) is 13.4. The van der Waals surface area contributed by atoms with E-state index in [1.54, 1.807) is 6.92 Å². The van der Waals surface area contributed by atoms with Gasteiger partial charge in [0.15, 0.2) is 0 Å². The topological polar surface area (TPSA) is 38.8 Å². The molecule has 0 N–H and O–H groups in total. The summed E-state index contributed by atoms with van der Waals surface area (Å²) in [4.78, 5) is 11.9. The van der Waals surface area contributed by atoms with Crippen LogP contribution in [0.5, 0.6) is 0 Å². The number of esters is 1. The number of carbonyl (C=O) groups is 1. The van der Waals surface area contributed by atoms with E-state index in [0.717, 1.165) is 30.6 Å². The monoisotopic (exact) mass is 486 g/mol. The molecule has 4 aliphatic carbocycles. The quantitative estimate of drug-likeness (QED) is 0.280. The lowest BCUT2D eigenvalue weighted by Crippen LogP contribution is -2.66. The van der Waals surface area contributed by atoms with Crippen LogP contribution >= 0.6 is 0 Å². The van der Waals surface area contributed by atoms with Crippen LogP contribution in [0.3, 0.4) is 0 Å². The Kier molecular flexibility index (Phi) is 5.93. The molecule has 3 heteroatoms. The van der Waals surface area contributed by atoms with Crippen molar-refractivity contribution in [1.29, 1.82) is 0 Å². The van der Waals surface area contributed by atoms with Gasteiger partial charge in [-0.3, -0.25) is 4.79 Å². The second-order valence-electron chi connectivity index (χ2n) is 15.4. The number of hydrogen-bond donors (Lipinski definition) is 0. The molecule has 4 saturated carbocycles. The summed E-state index contributed by atoms with van der Waals surface area (Å²) >= 11 is 0. The molecule has 0 aromatic heterocycles. The van der Waals surface area contributed by atoms with Gasteiger partial charge >= 0.3 is 5.97 Å². The SMILES string of the molecule is CC(=O)O[C@H]1CC[C@@]2(C)[C@@H](CC[C@]34O[C@]32CC[C@]2(C)[C@@H]([C@H](C)CCCC(C)C)CC[C@@]42C)C1(C)C. The fourth-order valence-corrected chi connectivity index (χ4v) is 11.4. The highest BCUT2D eigenvalue weighted by Crippen LogP contribution is 2.86. The Labute approximate surface area is 215 Å². The number of hydrogen-bond acceptors (Lipinski definition) is 3. The van der Waals surface area contributed by atoms with Gasteiger partial charge in [0, 0.05) is 23.2 Å². The van der Waals surface area contributed by atoms with Gasteiger partial charge in [-0.05, 0) is 80.5 Å². The molecule has 1 aliphatic heterocycles. The zero-order chi connectivity index (χ0) is 25.7. The lowest BCUT2D eigenvalue weighted by atomic mass is 9.38. The molecular formula is C32H54O3. The second-order valence-corrected chi connectivity index (χ2v) is 15.4. The first-order valence-electron chi connectivity index (χ1n) is 15.1. The van der Waals surface area contributed by atoms with Crippen LogP contribution in [-0.2, 0) is 14.3 Å². The van der Waals surface area contributed by atoms with Gasteiger partial charge in [0.2, 0.25) is 0 Å². The minimum absolute atomic E-state index is 0.00365. The third-order valence-electron chi connectivity index (χ3n) is 13.4. The lowest BCUT2D eigenvalue weighted by molar-refractivity contribution is -0.184. The van der Waals surface area contributed by atoms with Gasteiger partial charge in [-0.2, -0.15) is 0 Å². The van der Waals surface area contributed by atoms with Gasteiger partial charge < -0.3 is 9.47 Å². The summed E-state index contributed by atoms with van der Waals surface area (Å²) in [5.74, 6) is 2.88. The van der Waals surface area contributed by atoms with Crippen molar-refractivity contribution < 1.29 is 14.3 Å². The van der Waals surface area contributed by atoms with Crippen molar-refractivity contribution in [3.05, 3.63) is 0 Å².